The first kappa shape index (κ1) is 13.1. The zero-order valence-electron chi connectivity index (χ0n) is 9.16. The number of alkyl halides is 1. The molecule has 0 bridgehead atoms. The Hall–Kier alpha value is -1.97. The summed E-state index contributed by atoms with van der Waals surface area (Å²) in [4.78, 5) is 11.2. The van der Waals surface area contributed by atoms with E-state index in [-0.39, 0.29) is 12.3 Å². The number of carbonyl (C=O) groups is 1. The van der Waals surface area contributed by atoms with Crippen molar-refractivity contribution in [2.45, 2.75) is 12.8 Å². The molecule has 0 radical (unpaired) electrons. The molecule has 0 spiro atoms. The van der Waals surface area contributed by atoms with E-state index in [0.29, 0.717) is 18.0 Å². The van der Waals surface area contributed by atoms with E-state index in [2.05, 4.69) is 17.2 Å². The largest absolute Gasteiger partial charge is 0.326 e. The lowest BCUT2D eigenvalue weighted by molar-refractivity contribution is -0.115. The molecule has 1 rings (SSSR count). The van der Waals surface area contributed by atoms with Crippen LogP contribution >= 0.6 is 11.6 Å². The van der Waals surface area contributed by atoms with Crippen LogP contribution in [0.25, 0.3) is 0 Å². The molecule has 0 aliphatic rings. The van der Waals surface area contributed by atoms with Gasteiger partial charge in [-0.15, -0.1) is 11.6 Å². The van der Waals surface area contributed by atoms with Crippen LogP contribution in [0.1, 0.15) is 18.4 Å². The molecule has 0 aliphatic heterocycles. The van der Waals surface area contributed by atoms with Crippen LogP contribution in [0.3, 0.4) is 0 Å². The predicted molar refractivity (Wildman–Crippen MR) is 67.5 cm³/mol. The minimum Gasteiger partial charge on any atom is -0.326 e. The first-order valence-corrected chi connectivity index (χ1v) is 5.61. The van der Waals surface area contributed by atoms with Crippen molar-refractivity contribution in [3.63, 3.8) is 0 Å². The van der Waals surface area contributed by atoms with Gasteiger partial charge in [0.15, 0.2) is 0 Å². The zero-order chi connectivity index (χ0) is 12.5. The van der Waals surface area contributed by atoms with E-state index in [1.807, 2.05) is 6.07 Å². The van der Waals surface area contributed by atoms with Gasteiger partial charge in [-0.3, -0.25) is 4.79 Å². The highest BCUT2D eigenvalue weighted by Crippen LogP contribution is 2.09. The molecule has 0 fully saturated rings. The molecule has 4 heteroatoms. The minimum absolute atomic E-state index is 0.108. The van der Waals surface area contributed by atoms with Crippen LogP contribution in [0.15, 0.2) is 24.3 Å². The Balaban J connectivity index is 2.60. The van der Waals surface area contributed by atoms with Crippen LogP contribution in [0.5, 0.6) is 0 Å². The predicted octanol–water partition coefficient (Wildman–Crippen LogP) is 2.52. The topological polar surface area (TPSA) is 52.9 Å². The lowest BCUT2D eigenvalue weighted by Gasteiger charge is -2.03. The molecular weight excluding hydrogens is 236 g/mol. The molecular formula is C13H11ClN2O. The number of nitrogens with zero attached hydrogens (tertiary/aromatic N) is 1. The lowest BCUT2D eigenvalue weighted by atomic mass is 10.2. The molecule has 17 heavy (non-hydrogen) atoms. The van der Waals surface area contributed by atoms with Gasteiger partial charge >= 0.3 is 0 Å². The summed E-state index contributed by atoms with van der Waals surface area (Å²) in [7, 11) is 0. The number of anilines is 1. The summed E-state index contributed by atoms with van der Waals surface area (Å²) in [6, 6.07) is 9.06. The van der Waals surface area contributed by atoms with E-state index in [1.165, 1.54) is 0 Å². The highest BCUT2D eigenvalue weighted by Gasteiger charge is 2.00. The smallest absolute Gasteiger partial charge is 0.225 e. The number of benzene rings is 1. The molecule has 0 unspecified atom stereocenters. The summed E-state index contributed by atoms with van der Waals surface area (Å²) < 4.78 is 0. The third-order valence-corrected chi connectivity index (χ3v) is 2.08. The van der Waals surface area contributed by atoms with Crippen molar-refractivity contribution >= 4 is 23.2 Å². The molecule has 0 aliphatic carbocycles. The van der Waals surface area contributed by atoms with Gasteiger partial charge in [-0.2, -0.15) is 5.26 Å². The summed E-state index contributed by atoms with van der Waals surface area (Å²) in [6.45, 7) is 0. The molecule has 86 valence electrons. The van der Waals surface area contributed by atoms with E-state index < -0.39 is 0 Å². The summed E-state index contributed by atoms with van der Waals surface area (Å²) >= 11 is 5.45. The lowest BCUT2D eigenvalue weighted by Crippen LogP contribution is -2.11. The van der Waals surface area contributed by atoms with Crippen LogP contribution in [0, 0.1) is 23.2 Å². The van der Waals surface area contributed by atoms with Gasteiger partial charge in [-0.1, -0.05) is 11.8 Å². The molecule has 1 aromatic carbocycles. The molecule has 1 N–H and O–H groups in total. The van der Waals surface area contributed by atoms with Crippen molar-refractivity contribution in [3.8, 4) is 17.9 Å². The number of halogens is 1. The van der Waals surface area contributed by atoms with Gasteiger partial charge in [0.05, 0.1) is 12.5 Å². The second-order valence-corrected chi connectivity index (χ2v) is 3.58. The van der Waals surface area contributed by atoms with Crippen LogP contribution in [-0.2, 0) is 4.79 Å². The van der Waals surface area contributed by atoms with Crippen molar-refractivity contribution in [2.75, 3.05) is 11.2 Å². The Morgan fingerprint density at radius 1 is 1.35 bits per heavy atom. The van der Waals surface area contributed by atoms with Gasteiger partial charge in [-0.05, 0) is 24.3 Å². The Kier molecular flexibility index (Phi) is 5.64. The number of amides is 1. The quantitative estimate of drug-likeness (QED) is 0.658. The van der Waals surface area contributed by atoms with Gasteiger partial charge in [-0.25, -0.2) is 0 Å². The van der Waals surface area contributed by atoms with Crippen LogP contribution < -0.4 is 5.32 Å². The molecule has 3 nitrogen and oxygen atoms in total. The van der Waals surface area contributed by atoms with Crippen molar-refractivity contribution in [1.82, 2.24) is 0 Å². The van der Waals surface area contributed by atoms with Gasteiger partial charge in [0.1, 0.15) is 0 Å². The van der Waals surface area contributed by atoms with Crippen molar-refractivity contribution in [2.24, 2.45) is 0 Å². The minimum atomic E-state index is -0.108. The number of hydrogen-bond acceptors (Lipinski definition) is 2. The Morgan fingerprint density at radius 3 is 2.65 bits per heavy atom. The second-order valence-electron chi connectivity index (χ2n) is 3.20. The molecule has 0 saturated heterocycles. The van der Waals surface area contributed by atoms with Gasteiger partial charge < -0.3 is 5.32 Å². The fraction of sp³-hybridized carbons (Fsp3) is 0.231. The van der Waals surface area contributed by atoms with Gasteiger partial charge in [0, 0.05) is 23.6 Å². The molecule has 0 aromatic heterocycles. The van der Waals surface area contributed by atoms with Crippen molar-refractivity contribution in [3.05, 3.63) is 29.8 Å². The highest BCUT2D eigenvalue weighted by molar-refractivity contribution is 6.19. The second kappa shape index (κ2) is 7.33. The Labute approximate surface area is 105 Å². The van der Waals surface area contributed by atoms with E-state index >= 15 is 0 Å². The number of carbonyl (C=O) groups excluding carboxylic acids is 1. The van der Waals surface area contributed by atoms with Crippen LogP contribution in [0.2, 0.25) is 0 Å². The molecule has 0 atom stereocenters. The Morgan fingerprint density at radius 2 is 2.06 bits per heavy atom. The zero-order valence-corrected chi connectivity index (χ0v) is 9.92. The highest BCUT2D eigenvalue weighted by atomic mass is 35.5. The average Bonchev–Trinajstić information content (AvgIpc) is 2.32. The fourth-order valence-corrected chi connectivity index (χ4v) is 1.30. The van der Waals surface area contributed by atoms with E-state index in [1.54, 1.807) is 24.3 Å². The number of nitriles is 1. The Bertz CT molecular complexity index is 477. The van der Waals surface area contributed by atoms with E-state index in [9.17, 15) is 4.79 Å². The summed E-state index contributed by atoms with van der Waals surface area (Å²) in [5.74, 6) is 5.76. The van der Waals surface area contributed by atoms with Gasteiger partial charge in [0.25, 0.3) is 0 Å². The third-order valence-electron chi connectivity index (χ3n) is 1.89. The van der Waals surface area contributed by atoms with E-state index in [4.69, 9.17) is 16.9 Å². The fourth-order valence-electron chi connectivity index (χ4n) is 1.13. The summed E-state index contributed by atoms with van der Waals surface area (Å²) in [5.41, 5.74) is 1.53. The molecule has 0 saturated carbocycles. The van der Waals surface area contributed by atoms with Crippen molar-refractivity contribution in [1.29, 1.82) is 5.26 Å². The third kappa shape index (κ3) is 5.06. The maximum absolute atomic E-state index is 11.2. The monoisotopic (exact) mass is 246 g/mol. The number of rotatable bonds is 3. The number of hydrogen-bond donors (Lipinski definition) is 1. The van der Waals surface area contributed by atoms with Crippen molar-refractivity contribution < 1.29 is 4.79 Å². The summed E-state index contributed by atoms with van der Waals surface area (Å²) in [6.07, 6.45) is 0.513. The maximum atomic E-state index is 11.2. The van der Waals surface area contributed by atoms with Crippen LogP contribution in [0.4, 0.5) is 5.69 Å². The maximum Gasteiger partial charge on any atom is 0.225 e. The average molecular weight is 247 g/mol. The normalized spacial score (nSPS) is 8.71. The SMILES string of the molecule is N#CCC#Cc1ccc(NC(=O)CCCl)cc1. The molecule has 1 aromatic rings. The standard InChI is InChI=1S/C13H11ClN2O/c14-9-8-13(17)16-12-6-4-11(5-7-12)3-1-2-10-15/h4-7H,2,8-9H2,(H,16,17). The van der Waals surface area contributed by atoms with Crippen LogP contribution in [-0.4, -0.2) is 11.8 Å². The summed E-state index contributed by atoms with van der Waals surface area (Å²) in [5, 5.41) is 11.0. The molecule has 1 amide bonds. The first-order valence-electron chi connectivity index (χ1n) is 5.08. The van der Waals surface area contributed by atoms with Gasteiger partial charge in [0.2, 0.25) is 5.91 Å². The molecule has 0 heterocycles. The number of nitrogens with one attached hydrogen (secondary N) is 1. The first-order chi connectivity index (χ1) is 8.26. The van der Waals surface area contributed by atoms with E-state index in [0.717, 1.165) is 5.56 Å².